The van der Waals surface area contributed by atoms with E-state index in [-0.39, 0.29) is 5.91 Å². The Bertz CT molecular complexity index is 490. The minimum Gasteiger partial charge on any atom is -0.392 e. The average molecular weight is 281 g/mol. The summed E-state index contributed by atoms with van der Waals surface area (Å²) in [7, 11) is 1.82. The van der Waals surface area contributed by atoms with Crippen molar-refractivity contribution in [1.29, 1.82) is 0 Å². The fraction of sp³-hybridized carbons (Fsp3) is 0.583. The van der Waals surface area contributed by atoms with Crippen LogP contribution in [0.4, 0.5) is 0 Å². The first-order valence-electron chi connectivity index (χ1n) is 6.27. The van der Waals surface area contributed by atoms with Crippen molar-refractivity contribution in [3.8, 4) is 0 Å². The van der Waals surface area contributed by atoms with E-state index in [2.05, 4.69) is 10.00 Å². The molecule has 0 bridgehead atoms. The first kappa shape index (κ1) is 14.0. The Morgan fingerprint density at radius 3 is 2.53 bits per heavy atom. The van der Waals surface area contributed by atoms with Gasteiger partial charge in [0.1, 0.15) is 0 Å². The number of amides is 1. The Hall–Kier alpha value is -1.47. The highest BCUT2D eigenvalue weighted by atomic mass is 32.1. The minimum atomic E-state index is 0.0561. The molecule has 0 spiro atoms. The number of carbonyl (C=O) groups excluding carboxylic acids is 1. The second-order valence-electron chi connectivity index (χ2n) is 4.84. The molecule has 1 aromatic heterocycles. The SMILES string of the molecule is Cc1nn(C)cc1C(=O)N1CCN(CC(N)=S)CC1. The van der Waals surface area contributed by atoms with Crippen molar-refractivity contribution in [1.82, 2.24) is 19.6 Å². The van der Waals surface area contributed by atoms with E-state index in [1.165, 1.54) is 0 Å². The second-order valence-corrected chi connectivity index (χ2v) is 5.36. The van der Waals surface area contributed by atoms with Gasteiger partial charge in [0.15, 0.2) is 0 Å². The van der Waals surface area contributed by atoms with Crippen LogP contribution in [0, 0.1) is 6.92 Å². The summed E-state index contributed by atoms with van der Waals surface area (Å²) < 4.78 is 1.67. The van der Waals surface area contributed by atoms with E-state index in [0.717, 1.165) is 18.8 Å². The molecule has 2 rings (SSSR count). The fourth-order valence-electron chi connectivity index (χ4n) is 2.31. The van der Waals surface area contributed by atoms with Gasteiger partial charge < -0.3 is 10.6 Å². The molecule has 1 amide bonds. The zero-order valence-corrected chi connectivity index (χ0v) is 12.1. The number of hydrogen-bond acceptors (Lipinski definition) is 4. The summed E-state index contributed by atoms with van der Waals surface area (Å²) in [5.41, 5.74) is 6.99. The average Bonchev–Trinajstić information content (AvgIpc) is 2.68. The van der Waals surface area contributed by atoms with Crippen molar-refractivity contribution in [2.24, 2.45) is 12.8 Å². The van der Waals surface area contributed by atoms with E-state index in [0.29, 0.717) is 30.2 Å². The fourth-order valence-corrected chi connectivity index (χ4v) is 2.49. The van der Waals surface area contributed by atoms with E-state index in [1.54, 1.807) is 10.9 Å². The molecule has 0 atom stereocenters. The molecule has 6 nitrogen and oxygen atoms in total. The maximum atomic E-state index is 12.4. The summed E-state index contributed by atoms with van der Waals surface area (Å²) in [6.45, 7) is 5.51. The summed E-state index contributed by atoms with van der Waals surface area (Å²) >= 11 is 4.90. The molecule has 1 saturated heterocycles. The highest BCUT2D eigenvalue weighted by Crippen LogP contribution is 2.11. The Morgan fingerprint density at radius 2 is 2.05 bits per heavy atom. The molecule has 0 unspecified atom stereocenters. The number of aryl methyl sites for hydroxylation is 2. The van der Waals surface area contributed by atoms with Gasteiger partial charge in [-0.1, -0.05) is 12.2 Å². The van der Waals surface area contributed by atoms with Crippen LogP contribution >= 0.6 is 12.2 Å². The third-order valence-electron chi connectivity index (χ3n) is 3.28. The zero-order chi connectivity index (χ0) is 14.0. The molecule has 2 N–H and O–H groups in total. The summed E-state index contributed by atoms with van der Waals surface area (Å²) in [6.07, 6.45) is 1.78. The third kappa shape index (κ3) is 3.30. The summed E-state index contributed by atoms with van der Waals surface area (Å²) in [6, 6.07) is 0. The monoisotopic (exact) mass is 281 g/mol. The Kier molecular flexibility index (Phi) is 4.16. The molecule has 1 fully saturated rings. The van der Waals surface area contributed by atoms with E-state index in [4.69, 9.17) is 18.0 Å². The smallest absolute Gasteiger partial charge is 0.257 e. The first-order chi connectivity index (χ1) is 8.97. The lowest BCUT2D eigenvalue weighted by molar-refractivity contribution is 0.0653. The van der Waals surface area contributed by atoms with Crippen molar-refractivity contribution < 1.29 is 4.79 Å². The number of aromatic nitrogens is 2. The molecule has 0 aliphatic carbocycles. The van der Waals surface area contributed by atoms with Crippen molar-refractivity contribution in [2.75, 3.05) is 32.7 Å². The predicted molar refractivity (Wildman–Crippen MR) is 77.1 cm³/mol. The van der Waals surface area contributed by atoms with Gasteiger partial charge in [0.2, 0.25) is 0 Å². The van der Waals surface area contributed by atoms with Crippen molar-refractivity contribution >= 4 is 23.1 Å². The normalized spacial score (nSPS) is 16.6. The number of piperazine rings is 1. The molecule has 19 heavy (non-hydrogen) atoms. The van der Waals surface area contributed by atoms with Gasteiger partial charge >= 0.3 is 0 Å². The van der Waals surface area contributed by atoms with Gasteiger partial charge in [-0.3, -0.25) is 14.4 Å². The van der Waals surface area contributed by atoms with Gasteiger partial charge in [-0.05, 0) is 6.92 Å². The van der Waals surface area contributed by atoms with Gasteiger partial charge in [-0.25, -0.2) is 0 Å². The molecular weight excluding hydrogens is 262 g/mol. The molecule has 0 aromatic carbocycles. The van der Waals surface area contributed by atoms with Gasteiger partial charge in [-0.15, -0.1) is 0 Å². The van der Waals surface area contributed by atoms with Crippen LogP contribution in [0.3, 0.4) is 0 Å². The molecule has 1 aliphatic heterocycles. The second kappa shape index (κ2) is 5.66. The molecule has 2 heterocycles. The topological polar surface area (TPSA) is 67.4 Å². The third-order valence-corrected chi connectivity index (χ3v) is 3.41. The van der Waals surface area contributed by atoms with Crippen LogP contribution in [0.25, 0.3) is 0 Å². The maximum Gasteiger partial charge on any atom is 0.257 e. The van der Waals surface area contributed by atoms with Crippen molar-refractivity contribution in [3.05, 3.63) is 17.5 Å². The van der Waals surface area contributed by atoms with Crippen LogP contribution in [0.5, 0.6) is 0 Å². The Balaban J connectivity index is 1.96. The van der Waals surface area contributed by atoms with Crippen LogP contribution < -0.4 is 5.73 Å². The largest absolute Gasteiger partial charge is 0.392 e. The molecule has 104 valence electrons. The number of nitrogens with zero attached hydrogens (tertiary/aromatic N) is 4. The van der Waals surface area contributed by atoms with Crippen LogP contribution in [0.2, 0.25) is 0 Å². The van der Waals surface area contributed by atoms with Crippen molar-refractivity contribution in [3.63, 3.8) is 0 Å². The van der Waals surface area contributed by atoms with Crippen molar-refractivity contribution in [2.45, 2.75) is 6.92 Å². The van der Waals surface area contributed by atoms with E-state index < -0.39 is 0 Å². The summed E-state index contributed by atoms with van der Waals surface area (Å²) in [5.74, 6) is 0.0561. The van der Waals surface area contributed by atoms with Gasteiger partial charge in [0.05, 0.1) is 16.2 Å². The highest BCUT2D eigenvalue weighted by molar-refractivity contribution is 7.80. The number of nitrogens with two attached hydrogens (primary N) is 1. The van der Waals surface area contributed by atoms with Gasteiger partial charge in [0.25, 0.3) is 5.91 Å². The lowest BCUT2D eigenvalue weighted by atomic mass is 10.2. The van der Waals surface area contributed by atoms with E-state index in [9.17, 15) is 4.79 Å². The molecule has 1 aliphatic rings. The molecule has 0 radical (unpaired) electrons. The number of hydrogen-bond donors (Lipinski definition) is 1. The zero-order valence-electron chi connectivity index (χ0n) is 11.3. The predicted octanol–water partition coefficient (Wildman–Crippen LogP) is -0.228. The Labute approximate surface area is 118 Å². The van der Waals surface area contributed by atoms with Crippen LogP contribution in [0.1, 0.15) is 16.1 Å². The van der Waals surface area contributed by atoms with E-state index >= 15 is 0 Å². The quantitative estimate of drug-likeness (QED) is 0.775. The van der Waals surface area contributed by atoms with Crippen LogP contribution in [-0.2, 0) is 7.05 Å². The van der Waals surface area contributed by atoms with Gasteiger partial charge in [0, 0.05) is 46.0 Å². The standard InChI is InChI=1S/C12H19N5OS/c1-9-10(7-15(2)14-9)12(18)17-5-3-16(4-6-17)8-11(13)19/h7H,3-6,8H2,1-2H3,(H2,13,19). The highest BCUT2D eigenvalue weighted by Gasteiger charge is 2.24. The minimum absolute atomic E-state index is 0.0561. The molecular formula is C12H19N5OS. The summed E-state index contributed by atoms with van der Waals surface area (Å²) in [4.78, 5) is 16.9. The number of carbonyl (C=O) groups is 1. The van der Waals surface area contributed by atoms with Crippen LogP contribution in [0.15, 0.2) is 6.20 Å². The summed E-state index contributed by atoms with van der Waals surface area (Å²) in [5, 5.41) is 4.21. The van der Waals surface area contributed by atoms with Gasteiger partial charge in [-0.2, -0.15) is 5.10 Å². The molecule has 0 saturated carbocycles. The lowest BCUT2D eigenvalue weighted by Crippen LogP contribution is -2.50. The van der Waals surface area contributed by atoms with Crippen LogP contribution in [-0.4, -0.2) is 63.2 Å². The lowest BCUT2D eigenvalue weighted by Gasteiger charge is -2.34. The van der Waals surface area contributed by atoms with E-state index in [1.807, 2.05) is 18.9 Å². The maximum absolute atomic E-state index is 12.4. The molecule has 1 aromatic rings. The Morgan fingerprint density at radius 1 is 1.42 bits per heavy atom. The molecule has 7 heteroatoms. The number of thiocarbonyl (C=S) groups is 1. The number of rotatable bonds is 3. The first-order valence-corrected chi connectivity index (χ1v) is 6.68.